The molecule has 0 saturated carbocycles. The number of hydrogen-bond acceptors (Lipinski definition) is 8. The molecule has 1 fully saturated rings. The van der Waals surface area contributed by atoms with Gasteiger partial charge in [0.25, 0.3) is 0 Å². The number of aliphatic hydroxyl groups excluding tert-OH is 1. The number of carbonyl (C=O) groups excluding carboxylic acids is 1. The topological polar surface area (TPSA) is 140 Å². The average Bonchev–Trinajstić information content (AvgIpc) is 3.57. The number of likely N-dealkylation sites (tertiary alicyclic amines) is 1. The molecule has 256 valence electrons. The third-order valence-electron chi connectivity index (χ3n) is 9.05. The van der Waals surface area contributed by atoms with Crippen LogP contribution in [-0.2, 0) is 17.6 Å². The van der Waals surface area contributed by atoms with Gasteiger partial charge in [-0.25, -0.2) is 4.79 Å². The molecule has 10 heteroatoms. The van der Waals surface area contributed by atoms with E-state index in [1.54, 1.807) is 12.1 Å². The summed E-state index contributed by atoms with van der Waals surface area (Å²) in [6.45, 7) is 3.82. The Balaban J connectivity index is 0.850. The van der Waals surface area contributed by atoms with Crippen molar-refractivity contribution in [2.24, 2.45) is 0 Å². The van der Waals surface area contributed by atoms with E-state index in [0.717, 1.165) is 86.5 Å². The minimum absolute atomic E-state index is 0.0233. The molecule has 3 heterocycles. The summed E-state index contributed by atoms with van der Waals surface area (Å²) in [6.07, 6.45) is 3.87. The normalized spacial score (nSPS) is 14.6. The number of anilines is 1. The number of hydrogen-bond donors (Lipinski definition) is 5. The van der Waals surface area contributed by atoms with Gasteiger partial charge in [-0.15, -0.1) is 0 Å². The van der Waals surface area contributed by atoms with Gasteiger partial charge >= 0.3 is 6.09 Å². The van der Waals surface area contributed by atoms with Crippen LogP contribution in [0.2, 0.25) is 0 Å². The summed E-state index contributed by atoms with van der Waals surface area (Å²) in [5.74, 6) is 1.92. The van der Waals surface area contributed by atoms with E-state index in [4.69, 9.17) is 9.15 Å². The lowest BCUT2D eigenvalue weighted by Gasteiger charge is -2.31. The molecule has 0 spiro atoms. The van der Waals surface area contributed by atoms with Gasteiger partial charge in [0.2, 0.25) is 5.56 Å². The van der Waals surface area contributed by atoms with Gasteiger partial charge in [-0.05, 0) is 80.2 Å². The molecule has 0 unspecified atom stereocenters. The first-order chi connectivity index (χ1) is 23.9. The van der Waals surface area contributed by atoms with E-state index < -0.39 is 12.2 Å². The van der Waals surface area contributed by atoms with Gasteiger partial charge in [-0.1, -0.05) is 54.6 Å². The van der Waals surface area contributed by atoms with Gasteiger partial charge in [0, 0.05) is 49.5 Å². The van der Waals surface area contributed by atoms with Crippen molar-refractivity contribution in [2.75, 3.05) is 38.0 Å². The first kappa shape index (κ1) is 34.0. The number of carbonyl (C=O) groups is 1. The van der Waals surface area contributed by atoms with Gasteiger partial charge in [0.1, 0.15) is 23.4 Å². The second kappa shape index (κ2) is 16.5. The van der Waals surface area contributed by atoms with E-state index >= 15 is 0 Å². The van der Waals surface area contributed by atoms with Crippen LogP contribution < -0.4 is 16.2 Å². The summed E-state index contributed by atoms with van der Waals surface area (Å²) < 4.78 is 11.9. The van der Waals surface area contributed by atoms with E-state index in [2.05, 4.69) is 26.6 Å². The number of ether oxygens (including phenoxy) is 1. The Morgan fingerprint density at radius 1 is 0.918 bits per heavy atom. The maximum absolute atomic E-state index is 12.7. The summed E-state index contributed by atoms with van der Waals surface area (Å²) in [6, 6.07) is 28.0. The fourth-order valence-corrected chi connectivity index (χ4v) is 6.46. The second-order valence-corrected chi connectivity index (χ2v) is 12.6. The van der Waals surface area contributed by atoms with E-state index in [-0.39, 0.29) is 17.4 Å². The Morgan fingerprint density at radius 2 is 1.65 bits per heavy atom. The number of nitrogens with one attached hydrogen (secondary N) is 3. The van der Waals surface area contributed by atoms with Gasteiger partial charge in [0.15, 0.2) is 0 Å². The molecule has 0 bridgehead atoms. The molecule has 49 heavy (non-hydrogen) atoms. The van der Waals surface area contributed by atoms with Crippen molar-refractivity contribution in [3.63, 3.8) is 0 Å². The zero-order chi connectivity index (χ0) is 34.0. The third-order valence-corrected chi connectivity index (χ3v) is 9.05. The maximum Gasteiger partial charge on any atom is 0.411 e. The number of furan rings is 1. The first-order valence-corrected chi connectivity index (χ1v) is 17.1. The average molecular weight is 665 g/mol. The summed E-state index contributed by atoms with van der Waals surface area (Å²) >= 11 is 0. The number of H-pyrrole nitrogens is 1. The van der Waals surface area contributed by atoms with Crippen LogP contribution in [0.5, 0.6) is 5.75 Å². The number of pyridine rings is 1. The summed E-state index contributed by atoms with van der Waals surface area (Å²) in [4.78, 5) is 29.4. The maximum atomic E-state index is 12.7. The molecule has 1 atom stereocenters. The van der Waals surface area contributed by atoms with E-state index in [0.29, 0.717) is 29.6 Å². The van der Waals surface area contributed by atoms with Crippen LogP contribution in [0, 0.1) is 0 Å². The lowest BCUT2D eigenvalue weighted by molar-refractivity contribution is 0.0586. The lowest BCUT2D eigenvalue weighted by atomic mass is 10.0. The van der Waals surface area contributed by atoms with Crippen LogP contribution in [0.1, 0.15) is 48.9 Å². The minimum atomic E-state index is -0.782. The highest BCUT2D eigenvalue weighted by molar-refractivity contribution is 5.91. The molecule has 2 aromatic heterocycles. The minimum Gasteiger partial charge on any atom is -0.506 e. The number of rotatable bonds is 14. The molecular formula is C39H44N4O6. The predicted molar refractivity (Wildman–Crippen MR) is 191 cm³/mol. The van der Waals surface area contributed by atoms with Gasteiger partial charge in [-0.2, -0.15) is 0 Å². The van der Waals surface area contributed by atoms with Gasteiger partial charge in [-0.3, -0.25) is 10.1 Å². The molecule has 1 saturated heterocycles. The van der Waals surface area contributed by atoms with Crippen LogP contribution in [0.3, 0.4) is 0 Å². The standard InChI is InChI=1S/C39H44N4O6/c44-35-18-16-32(33-17-19-37(46)42-38(33)35)36(45)26-40-22-6-10-28-14-15-29(48-28)11-7-23-43-24-20-30(21-25-43)49-39(47)41-34-13-5-4-12-31(34)27-8-2-1-3-9-27/h1-5,8-9,12-19,30,36,40,44-45H,6-7,10-11,20-26H2,(H,41,47)(H,42,46)/t36-/m1/s1. The molecule has 0 aliphatic carbocycles. The third kappa shape index (κ3) is 9.17. The molecule has 1 aliphatic heterocycles. The molecule has 0 radical (unpaired) electrons. The number of aromatic hydroxyl groups is 1. The number of amides is 1. The van der Waals surface area contributed by atoms with Crippen molar-refractivity contribution in [2.45, 2.75) is 50.7 Å². The largest absolute Gasteiger partial charge is 0.506 e. The number of phenols is 1. The van der Waals surface area contributed by atoms with Crippen molar-refractivity contribution in [1.82, 2.24) is 15.2 Å². The molecule has 1 amide bonds. The number of para-hydroxylation sites is 1. The van der Waals surface area contributed by atoms with Crippen LogP contribution >= 0.6 is 0 Å². The number of nitrogens with zero attached hydrogens (tertiary/aromatic N) is 1. The highest BCUT2D eigenvalue weighted by Crippen LogP contribution is 2.29. The zero-order valence-electron chi connectivity index (χ0n) is 27.6. The first-order valence-electron chi connectivity index (χ1n) is 17.1. The Kier molecular flexibility index (Phi) is 11.4. The second-order valence-electron chi connectivity index (χ2n) is 12.6. The van der Waals surface area contributed by atoms with Gasteiger partial charge in [0.05, 0.1) is 17.3 Å². The lowest BCUT2D eigenvalue weighted by Crippen LogP contribution is -2.39. The summed E-state index contributed by atoms with van der Waals surface area (Å²) in [5.41, 5.74) is 3.42. The number of fused-ring (bicyclic) bond motifs is 1. The van der Waals surface area contributed by atoms with Crippen molar-refractivity contribution >= 4 is 22.7 Å². The number of piperidine rings is 1. The van der Waals surface area contributed by atoms with E-state index in [9.17, 15) is 19.8 Å². The Labute approximate surface area is 285 Å². The van der Waals surface area contributed by atoms with Crippen molar-refractivity contribution < 1.29 is 24.2 Å². The quantitative estimate of drug-likeness (QED) is 0.0861. The number of aromatic nitrogens is 1. The number of benzene rings is 3. The van der Waals surface area contributed by atoms with E-state index in [1.165, 1.54) is 12.1 Å². The Hall–Kier alpha value is -4.90. The highest BCUT2D eigenvalue weighted by atomic mass is 16.6. The molecule has 3 aromatic carbocycles. The fourth-order valence-electron chi connectivity index (χ4n) is 6.46. The number of aromatic amines is 1. The molecule has 1 aliphatic rings. The fraction of sp³-hybridized carbons (Fsp3) is 0.333. The molecule has 10 nitrogen and oxygen atoms in total. The van der Waals surface area contributed by atoms with Gasteiger partial charge < -0.3 is 34.6 Å². The Bertz CT molecular complexity index is 1880. The molecular weight excluding hydrogens is 620 g/mol. The smallest absolute Gasteiger partial charge is 0.411 e. The Morgan fingerprint density at radius 3 is 2.45 bits per heavy atom. The predicted octanol–water partition coefficient (Wildman–Crippen LogP) is 6.40. The summed E-state index contributed by atoms with van der Waals surface area (Å²) in [7, 11) is 0. The molecule has 6 rings (SSSR count). The van der Waals surface area contributed by atoms with Crippen LogP contribution in [-0.4, -0.2) is 65.0 Å². The highest BCUT2D eigenvalue weighted by Gasteiger charge is 2.23. The summed E-state index contributed by atoms with van der Waals surface area (Å²) in [5, 5.41) is 27.7. The van der Waals surface area contributed by atoms with Crippen LogP contribution in [0.15, 0.2) is 100 Å². The van der Waals surface area contributed by atoms with Crippen LogP contribution in [0.4, 0.5) is 10.5 Å². The number of phenolic OH excluding ortho intramolecular Hbond substituents is 1. The SMILES string of the molecule is O=C(Nc1ccccc1-c1ccccc1)OC1CCN(CCCc2ccc(CCCNC[C@@H](O)c3ccc(O)c4[nH]c(=O)ccc34)o2)CC1. The van der Waals surface area contributed by atoms with Crippen LogP contribution in [0.25, 0.3) is 22.0 Å². The number of aliphatic hydroxyl groups is 1. The van der Waals surface area contributed by atoms with Crippen molar-refractivity contribution in [3.05, 3.63) is 118 Å². The number of aryl methyl sites for hydroxylation is 2. The molecule has 5 N–H and O–H groups in total. The molecule has 5 aromatic rings. The van der Waals surface area contributed by atoms with E-state index in [1.807, 2.05) is 60.7 Å². The monoisotopic (exact) mass is 664 g/mol. The zero-order valence-corrected chi connectivity index (χ0v) is 27.6. The van der Waals surface area contributed by atoms with Crippen molar-refractivity contribution in [3.8, 4) is 16.9 Å². The van der Waals surface area contributed by atoms with Crippen molar-refractivity contribution in [1.29, 1.82) is 0 Å².